The van der Waals surface area contributed by atoms with E-state index in [9.17, 15) is 33.9 Å². The predicted molar refractivity (Wildman–Crippen MR) is 201 cm³/mol. The number of alkyl carbamates (subject to hydrolysis) is 1. The largest absolute Gasteiger partial charge is 0.495 e. The van der Waals surface area contributed by atoms with Gasteiger partial charge in [-0.05, 0) is 44.4 Å². The summed E-state index contributed by atoms with van der Waals surface area (Å²) >= 11 is 6.73. The minimum absolute atomic E-state index is 0.0171. The van der Waals surface area contributed by atoms with Crippen molar-refractivity contribution in [1.82, 2.24) is 15.5 Å². The first kappa shape index (κ1) is 42.4. The minimum atomic E-state index is -1.84. The number of nitrogens with one attached hydrogen (secondary N) is 2. The average Bonchev–Trinajstić information content (AvgIpc) is 3.74. The summed E-state index contributed by atoms with van der Waals surface area (Å²) in [7, 11) is 4.44. The third kappa shape index (κ3) is 9.60. The summed E-state index contributed by atoms with van der Waals surface area (Å²) in [5.74, 6) is -2.62. The monoisotopic (exact) mass is 800 g/mol. The topological polar surface area (TPSA) is 203 Å². The minimum Gasteiger partial charge on any atom is -0.495 e. The van der Waals surface area contributed by atoms with Crippen LogP contribution in [-0.4, -0.2) is 116 Å². The maximum absolute atomic E-state index is 14.0. The number of rotatable bonds is 10. The molecule has 16 nitrogen and oxygen atoms in total. The maximum atomic E-state index is 14.0. The van der Waals surface area contributed by atoms with Gasteiger partial charge >= 0.3 is 12.1 Å². The Labute approximate surface area is 330 Å². The zero-order chi connectivity index (χ0) is 40.9. The van der Waals surface area contributed by atoms with E-state index >= 15 is 0 Å². The van der Waals surface area contributed by atoms with E-state index in [2.05, 4.69) is 10.6 Å². The van der Waals surface area contributed by atoms with Crippen LogP contribution in [0.25, 0.3) is 0 Å². The Bertz CT molecular complexity index is 1810. The van der Waals surface area contributed by atoms with Crippen molar-refractivity contribution in [3.63, 3.8) is 0 Å². The second kappa shape index (κ2) is 17.6. The van der Waals surface area contributed by atoms with Crippen LogP contribution in [0.5, 0.6) is 5.75 Å². The van der Waals surface area contributed by atoms with E-state index in [0.717, 1.165) is 16.0 Å². The molecule has 5 amide bonds. The van der Waals surface area contributed by atoms with Crippen molar-refractivity contribution in [1.29, 1.82) is 0 Å². The fourth-order valence-electron chi connectivity index (χ4n) is 7.26. The summed E-state index contributed by atoms with van der Waals surface area (Å²) < 4.78 is 28.9. The first-order chi connectivity index (χ1) is 26.5. The number of fused-ring (bicyclic) bond motifs is 5. The third-order valence-electron chi connectivity index (χ3n) is 10.6. The zero-order valence-electron chi connectivity index (χ0n) is 32.3. The van der Waals surface area contributed by atoms with Crippen LogP contribution >= 0.6 is 11.6 Å². The molecule has 1 aromatic carbocycles. The van der Waals surface area contributed by atoms with Gasteiger partial charge in [-0.3, -0.25) is 34.2 Å². The summed E-state index contributed by atoms with van der Waals surface area (Å²) in [6.45, 7) is 5.38. The van der Waals surface area contributed by atoms with Crippen molar-refractivity contribution < 1.29 is 57.6 Å². The number of halogens is 1. The number of hydrogen-bond donors (Lipinski definition) is 3. The smallest absolute Gasteiger partial charge is 0.409 e. The van der Waals surface area contributed by atoms with Gasteiger partial charge in [-0.1, -0.05) is 42.3 Å². The first-order valence-corrected chi connectivity index (χ1v) is 18.8. The number of ether oxygens (including phenoxy) is 5. The highest BCUT2D eigenvalue weighted by atomic mass is 35.5. The molecule has 7 atom stereocenters. The number of amides is 5. The van der Waals surface area contributed by atoms with Crippen LogP contribution in [0.15, 0.2) is 48.1 Å². The molecule has 5 rings (SSSR count). The number of carbonyl (C=O) groups excluding carboxylic acids is 6. The van der Waals surface area contributed by atoms with Crippen molar-refractivity contribution >= 4 is 53.0 Å². The lowest BCUT2D eigenvalue weighted by atomic mass is 9.83. The van der Waals surface area contributed by atoms with Crippen molar-refractivity contribution in [2.24, 2.45) is 5.92 Å². The predicted octanol–water partition coefficient (Wildman–Crippen LogP) is 2.88. The van der Waals surface area contributed by atoms with Gasteiger partial charge in [0.2, 0.25) is 11.8 Å². The van der Waals surface area contributed by atoms with Crippen LogP contribution in [-0.2, 0) is 49.3 Å². The van der Waals surface area contributed by atoms with Gasteiger partial charge in [0.1, 0.15) is 34.7 Å². The Morgan fingerprint density at radius 1 is 1.12 bits per heavy atom. The number of allylic oxidation sites excluding steroid dienone is 3. The quantitative estimate of drug-likeness (QED) is 0.178. The number of nitrogens with zero attached hydrogens (tertiary/aromatic N) is 2. The molecule has 0 saturated carbocycles. The molecule has 4 aliphatic heterocycles. The van der Waals surface area contributed by atoms with E-state index in [1.165, 1.54) is 31.3 Å². The number of imide groups is 1. The number of anilines is 1. The number of hydrogen-bond acceptors (Lipinski definition) is 12. The number of aliphatic hydroxyl groups is 1. The summed E-state index contributed by atoms with van der Waals surface area (Å²) in [6.07, 6.45) is 3.12. The van der Waals surface area contributed by atoms with Gasteiger partial charge in [-0.2, -0.15) is 0 Å². The number of esters is 1. The molecule has 17 heteroatoms. The second-order valence-electron chi connectivity index (χ2n) is 14.6. The van der Waals surface area contributed by atoms with Crippen molar-refractivity contribution in [2.75, 3.05) is 39.3 Å². The maximum Gasteiger partial charge on any atom is 0.409 e. The van der Waals surface area contributed by atoms with Crippen LogP contribution in [0, 0.1) is 5.92 Å². The van der Waals surface area contributed by atoms with Crippen molar-refractivity contribution in [3.8, 4) is 5.75 Å². The lowest BCUT2D eigenvalue weighted by molar-refractivity contribution is -0.153. The molecule has 4 aliphatic rings. The summed E-state index contributed by atoms with van der Waals surface area (Å²) in [5.41, 5.74) is -1.00. The molecular weight excluding hydrogens is 752 g/mol. The van der Waals surface area contributed by atoms with Crippen molar-refractivity contribution in [2.45, 2.75) is 95.0 Å². The molecule has 304 valence electrons. The van der Waals surface area contributed by atoms with Crippen LogP contribution < -0.4 is 20.3 Å². The molecule has 0 aliphatic carbocycles. The van der Waals surface area contributed by atoms with Crippen LogP contribution in [0.4, 0.5) is 10.5 Å². The summed E-state index contributed by atoms with van der Waals surface area (Å²) in [4.78, 5) is 78.5. The molecule has 0 radical (unpaired) electrons. The van der Waals surface area contributed by atoms with Gasteiger partial charge in [-0.25, -0.2) is 4.79 Å². The molecule has 4 bridgehead atoms. The summed E-state index contributed by atoms with van der Waals surface area (Å²) in [5, 5.41) is 17.0. The van der Waals surface area contributed by atoms with Crippen molar-refractivity contribution in [3.05, 3.63) is 58.7 Å². The Kier molecular flexibility index (Phi) is 13.3. The highest BCUT2D eigenvalue weighted by Crippen LogP contribution is 2.49. The first-order valence-electron chi connectivity index (χ1n) is 18.4. The number of carbonyl (C=O) groups is 6. The summed E-state index contributed by atoms with van der Waals surface area (Å²) in [6, 6.07) is 3.55. The van der Waals surface area contributed by atoms with Gasteiger partial charge in [0.25, 0.3) is 11.8 Å². The molecule has 0 aromatic heterocycles. The van der Waals surface area contributed by atoms with Gasteiger partial charge in [-0.15, -0.1) is 0 Å². The normalized spacial score (nSPS) is 29.3. The van der Waals surface area contributed by atoms with E-state index in [4.69, 9.17) is 35.3 Å². The second-order valence-corrected chi connectivity index (χ2v) is 15.0. The van der Waals surface area contributed by atoms with Crippen LogP contribution in [0.2, 0.25) is 5.02 Å². The average molecular weight is 801 g/mol. The van der Waals surface area contributed by atoms with Gasteiger partial charge < -0.3 is 39.0 Å². The molecule has 7 unspecified atom stereocenters. The van der Waals surface area contributed by atoms with E-state index in [-0.39, 0.29) is 56.1 Å². The Balaban J connectivity index is 1.37. The fraction of sp³-hybridized carbons (Fsp3) is 0.538. The lowest BCUT2D eigenvalue weighted by Crippen LogP contribution is -2.63. The molecule has 4 heterocycles. The van der Waals surface area contributed by atoms with Gasteiger partial charge in [0.15, 0.2) is 5.72 Å². The van der Waals surface area contributed by atoms with E-state index in [1.807, 2.05) is 13.0 Å². The Hall–Kier alpha value is -4.77. The standard InChI is InChI=1S/C39H49ClN4O12/c1-22-9-7-10-28(53-6)39(51)21-27(54-37(50)42-39)23(2)36-38(3,56-36)29(20-33(48)43(4)25-18-24(17-22)19-26(52-5)35(25)40)55-34(49)14-15-41-30(45)11-8-16-44-31(46)12-13-32(44)47/h7,9-10,12-13,18-19,23,27-29,36,51H,8,11,14-17,20-21H2,1-6H3,(H,41,45)(H,42,50). The Morgan fingerprint density at radius 3 is 2.52 bits per heavy atom. The SMILES string of the molecule is COc1cc2cc(c1Cl)N(C)C(=O)CC(OC(=O)CCNC(=O)CCCN1C(=O)C=CC1=O)C1(C)OC1C(C)C1CC(O)(NC(=O)O1)C(OC)C=CC=C(C)C2. The molecular formula is C39H49ClN4O12. The van der Waals surface area contributed by atoms with E-state index in [0.29, 0.717) is 17.9 Å². The molecule has 1 aromatic rings. The van der Waals surface area contributed by atoms with Gasteiger partial charge in [0, 0.05) is 58.2 Å². The van der Waals surface area contributed by atoms with E-state index in [1.54, 1.807) is 45.2 Å². The molecule has 2 saturated heterocycles. The highest BCUT2D eigenvalue weighted by molar-refractivity contribution is 6.35. The van der Waals surface area contributed by atoms with Crippen LogP contribution in [0.3, 0.4) is 0 Å². The number of benzene rings is 1. The zero-order valence-corrected chi connectivity index (χ0v) is 33.1. The van der Waals surface area contributed by atoms with Gasteiger partial charge in [0.05, 0.1) is 31.7 Å². The Morgan fingerprint density at radius 2 is 1.84 bits per heavy atom. The third-order valence-corrected chi connectivity index (χ3v) is 10.9. The molecule has 2 fully saturated rings. The number of methoxy groups -OCH3 is 2. The lowest BCUT2D eigenvalue weighted by Gasteiger charge is -2.42. The number of epoxide rings is 1. The molecule has 3 N–H and O–H groups in total. The van der Waals surface area contributed by atoms with E-state index < -0.39 is 71.4 Å². The highest BCUT2D eigenvalue weighted by Gasteiger charge is 2.64. The van der Waals surface area contributed by atoms with Crippen LogP contribution in [0.1, 0.15) is 58.4 Å². The molecule has 0 spiro atoms. The fourth-order valence-corrected chi connectivity index (χ4v) is 7.58. The molecule has 56 heavy (non-hydrogen) atoms.